The van der Waals surface area contributed by atoms with Crippen molar-refractivity contribution in [3.63, 3.8) is 0 Å². The SMILES string of the molecule is O=[C]C(C=O)N1CCCC1. The molecule has 0 spiro atoms. The average Bonchev–Trinajstić information content (AvgIpc) is 2.43. The van der Waals surface area contributed by atoms with E-state index in [-0.39, 0.29) is 0 Å². The van der Waals surface area contributed by atoms with E-state index < -0.39 is 6.04 Å². The molecule has 0 aromatic rings. The van der Waals surface area contributed by atoms with E-state index in [0.29, 0.717) is 6.29 Å². The fourth-order valence-electron chi connectivity index (χ4n) is 1.21. The molecule has 1 unspecified atom stereocenters. The number of rotatable bonds is 3. The molecule has 0 aromatic heterocycles. The van der Waals surface area contributed by atoms with Crippen molar-refractivity contribution in [2.45, 2.75) is 18.9 Å². The molecule has 1 saturated heterocycles. The lowest BCUT2D eigenvalue weighted by atomic mass is 10.3. The van der Waals surface area contributed by atoms with E-state index in [1.54, 1.807) is 6.29 Å². The molecule has 0 aliphatic carbocycles. The summed E-state index contributed by atoms with van der Waals surface area (Å²) in [5.74, 6) is 0. The van der Waals surface area contributed by atoms with Gasteiger partial charge in [0, 0.05) is 0 Å². The summed E-state index contributed by atoms with van der Waals surface area (Å²) in [6, 6.07) is -0.609. The van der Waals surface area contributed by atoms with E-state index in [0.717, 1.165) is 25.9 Å². The molecule has 0 saturated carbocycles. The summed E-state index contributed by atoms with van der Waals surface area (Å²) in [6.07, 6.45) is 4.53. The van der Waals surface area contributed by atoms with E-state index in [1.165, 1.54) is 0 Å². The number of nitrogens with zero attached hydrogens (tertiary/aromatic N) is 1. The maximum absolute atomic E-state index is 10.2. The van der Waals surface area contributed by atoms with Crippen molar-refractivity contribution in [2.75, 3.05) is 13.1 Å². The third-order valence-electron chi connectivity index (χ3n) is 1.78. The molecule has 3 nitrogen and oxygen atoms in total. The van der Waals surface area contributed by atoms with E-state index in [4.69, 9.17) is 0 Å². The summed E-state index contributed by atoms with van der Waals surface area (Å²) < 4.78 is 0. The van der Waals surface area contributed by atoms with Gasteiger partial charge in [0.2, 0.25) is 6.29 Å². The molecular weight excluding hydrogens is 130 g/mol. The molecule has 10 heavy (non-hydrogen) atoms. The molecule has 1 aliphatic heterocycles. The zero-order chi connectivity index (χ0) is 7.40. The predicted octanol–water partition coefficient (Wildman–Crippen LogP) is -0.241. The van der Waals surface area contributed by atoms with Crippen LogP contribution in [-0.4, -0.2) is 36.6 Å². The smallest absolute Gasteiger partial charge is 0.224 e. The highest BCUT2D eigenvalue weighted by Crippen LogP contribution is 2.08. The number of likely N-dealkylation sites (tertiary alicyclic amines) is 1. The van der Waals surface area contributed by atoms with E-state index >= 15 is 0 Å². The first-order chi connectivity index (χ1) is 4.88. The Labute approximate surface area is 60.0 Å². The topological polar surface area (TPSA) is 37.4 Å². The fraction of sp³-hybridized carbons (Fsp3) is 0.714. The van der Waals surface area contributed by atoms with Gasteiger partial charge in [-0.05, 0) is 25.9 Å². The molecule has 1 heterocycles. The minimum atomic E-state index is -0.609. The van der Waals surface area contributed by atoms with E-state index in [1.807, 2.05) is 4.90 Å². The highest BCUT2D eigenvalue weighted by atomic mass is 16.1. The molecule has 55 valence electrons. The normalized spacial score (nSPS) is 19.7. The average molecular weight is 140 g/mol. The molecule has 0 amide bonds. The molecule has 1 aliphatic rings. The summed E-state index contributed by atoms with van der Waals surface area (Å²) in [5.41, 5.74) is 0. The van der Waals surface area contributed by atoms with Gasteiger partial charge in [0.1, 0.15) is 12.3 Å². The first kappa shape index (κ1) is 7.41. The lowest BCUT2D eigenvalue weighted by Gasteiger charge is -2.15. The van der Waals surface area contributed by atoms with Crippen molar-refractivity contribution >= 4 is 12.6 Å². The second-order valence-corrected chi connectivity index (χ2v) is 2.44. The molecule has 1 rings (SSSR count). The Morgan fingerprint density at radius 2 is 2.00 bits per heavy atom. The largest absolute Gasteiger partial charge is 0.301 e. The summed E-state index contributed by atoms with van der Waals surface area (Å²) in [5, 5.41) is 0. The lowest BCUT2D eigenvalue weighted by molar-refractivity contribution is -0.110. The lowest BCUT2D eigenvalue weighted by Crippen LogP contribution is -2.34. The molecule has 3 heteroatoms. The quantitative estimate of drug-likeness (QED) is 0.401. The van der Waals surface area contributed by atoms with Gasteiger partial charge in [0.05, 0.1) is 0 Å². The summed E-state index contributed by atoms with van der Waals surface area (Å²) in [4.78, 5) is 22.2. The Morgan fingerprint density at radius 1 is 1.40 bits per heavy atom. The predicted molar refractivity (Wildman–Crippen MR) is 36.4 cm³/mol. The van der Waals surface area contributed by atoms with Crippen LogP contribution in [0.1, 0.15) is 12.8 Å². The van der Waals surface area contributed by atoms with Gasteiger partial charge in [-0.3, -0.25) is 9.69 Å². The van der Waals surface area contributed by atoms with Gasteiger partial charge in [-0.1, -0.05) is 0 Å². The number of carbonyl (C=O) groups is 1. The Balaban J connectivity index is 2.43. The van der Waals surface area contributed by atoms with Crippen molar-refractivity contribution in [3.8, 4) is 0 Å². The molecule has 1 fully saturated rings. The van der Waals surface area contributed by atoms with Crippen LogP contribution in [0, 0.1) is 0 Å². The van der Waals surface area contributed by atoms with Crippen LogP contribution in [0.15, 0.2) is 0 Å². The molecule has 0 aromatic carbocycles. The maximum atomic E-state index is 10.2. The first-order valence-corrected chi connectivity index (χ1v) is 3.45. The standard InChI is InChI=1S/C7H10NO2/c9-5-7(6-10)8-3-1-2-4-8/h5,7H,1-4H2. The molecular formula is C7H10NO2. The molecule has 1 radical (unpaired) electrons. The monoisotopic (exact) mass is 140 g/mol. The highest BCUT2D eigenvalue weighted by molar-refractivity contribution is 5.82. The first-order valence-electron chi connectivity index (χ1n) is 3.45. The van der Waals surface area contributed by atoms with E-state index in [9.17, 15) is 9.59 Å². The van der Waals surface area contributed by atoms with Gasteiger partial charge < -0.3 is 4.79 Å². The Hall–Kier alpha value is -0.700. The van der Waals surface area contributed by atoms with Crippen molar-refractivity contribution in [2.24, 2.45) is 0 Å². The van der Waals surface area contributed by atoms with Crippen LogP contribution in [0.3, 0.4) is 0 Å². The molecule has 1 atom stereocenters. The second kappa shape index (κ2) is 3.46. The van der Waals surface area contributed by atoms with Crippen LogP contribution in [0.2, 0.25) is 0 Å². The van der Waals surface area contributed by atoms with Crippen LogP contribution in [0.4, 0.5) is 0 Å². The van der Waals surface area contributed by atoms with Crippen LogP contribution < -0.4 is 0 Å². The van der Waals surface area contributed by atoms with E-state index in [2.05, 4.69) is 0 Å². The zero-order valence-corrected chi connectivity index (χ0v) is 5.75. The molecule has 0 N–H and O–H groups in total. The summed E-state index contributed by atoms with van der Waals surface area (Å²) in [7, 11) is 0. The van der Waals surface area contributed by atoms with Gasteiger partial charge in [0.15, 0.2) is 0 Å². The zero-order valence-electron chi connectivity index (χ0n) is 5.75. The van der Waals surface area contributed by atoms with Gasteiger partial charge in [-0.15, -0.1) is 0 Å². The number of aldehydes is 1. The minimum Gasteiger partial charge on any atom is -0.301 e. The minimum absolute atomic E-state index is 0.609. The van der Waals surface area contributed by atoms with Crippen molar-refractivity contribution in [3.05, 3.63) is 0 Å². The van der Waals surface area contributed by atoms with Crippen LogP contribution >= 0.6 is 0 Å². The van der Waals surface area contributed by atoms with Gasteiger partial charge in [-0.25, -0.2) is 0 Å². The van der Waals surface area contributed by atoms with Crippen LogP contribution in [0.5, 0.6) is 0 Å². The fourth-order valence-corrected chi connectivity index (χ4v) is 1.21. The molecule has 0 bridgehead atoms. The third kappa shape index (κ3) is 1.42. The van der Waals surface area contributed by atoms with Gasteiger partial charge in [0.25, 0.3) is 0 Å². The number of hydrogen-bond donors (Lipinski definition) is 0. The summed E-state index contributed by atoms with van der Waals surface area (Å²) in [6.45, 7) is 1.72. The van der Waals surface area contributed by atoms with Crippen molar-refractivity contribution in [1.82, 2.24) is 4.90 Å². The van der Waals surface area contributed by atoms with Gasteiger partial charge in [-0.2, -0.15) is 0 Å². The number of hydrogen-bond acceptors (Lipinski definition) is 3. The van der Waals surface area contributed by atoms with Crippen molar-refractivity contribution in [1.29, 1.82) is 0 Å². The van der Waals surface area contributed by atoms with Crippen LogP contribution in [-0.2, 0) is 9.59 Å². The number of carbonyl (C=O) groups excluding carboxylic acids is 2. The summed E-state index contributed by atoms with van der Waals surface area (Å²) >= 11 is 0. The Kier molecular flexibility index (Phi) is 2.57. The Bertz CT molecular complexity index is 122. The maximum Gasteiger partial charge on any atom is 0.224 e. The third-order valence-corrected chi connectivity index (χ3v) is 1.78. The van der Waals surface area contributed by atoms with Crippen LogP contribution in [0.25, 0.3) is 0 Å². The van der Waals surface area contributed by atoms with Crippen molar-refractivity contribution < 1.29 is 9.59 Å². The van der Waals surface area contributed by atoms with Gasteiger partial charge >= 0.3 is 0 Å². The second-order valence-electron chi connectivity index (χ2n) is 2.44. The highest BCUT2D eigenvalue weighted by Gasteiger charge is 2.20. The Morgan fingerprint density at radius 3 is 2.40 bits per heavy atom.